The summed E-state index contributed by atoms with van der Waals surface area (Å²) in [6.07, 6.45) is 3.86. The van der Waals surface area contributed by atoms with E-state index in [4.69, 9.17) is 0 Å². The molecule has 2 rings (SSSR count). The molecule has 1 saturated heterocycles. The number of carbonyl (C=O) groups is 1. The molecule has 1 aromatic rings. The number of amides is 1. The van der Waals surface area contributed by atoms with Gasteiger partial charge < -0.3 is 5.32 Å². The van der Waals surface area contributed by atoms with Crippen LogP contribution in [0.1, 0.15) is 11.3 Å². The predicted octanol–water partition coefficient (Wildman–Crippen LogP) is 1.68. The molecule has 5 nitrogen and oxygen atoms in total. The summed E-state index contributed by atoms with van der Waals surface area (Å²) in [6, 6.07) is 3.83. The fraction of sp³-hybridized carbons (Fsp3) is 0.417. The van der Waals surface area contributed by atoms with Crippen molar-refractivity contribution < 1.29 is 13.2 Å². The number of sulfonamides is 1. The molecule has 1 N–H and O–H groups in total. The molecule has 0 aromatic carbocycles. The van der Waals surface area contributed by atoms with E-state index in [2.05, 4.69) is 21.2 Å². The molecule has 0 spiro atoms. The molecule has 1 aliphatic heterocycles. The average molecular weight is 379 g/mol. The molecule has 110 valence electrons. The molecule has 20 heavy (non-hydrogen) atoms. The van der Waals surface area contributed by atoms with E-state index in [0.717, 1.165) is 8.66 Å². The lowest BCUT2D eigenvalue weighted by atomic mass is 10.4. The average Bonchev–Trinajstić information content (AvgIpc) is 2.93. The van der Waals surface area contributed by atoms with Crippen molar-refractivity contribution in [2.45, 2.75) is 6.42 Å². The second-order valence-electron chi connectivity index (χ2n) is 4.33. The van der Waals surface area contributed by atoms with Crippen molar-refractivity contribution in [3.05, 3.63) is 26.9 Å². The van der Waals surface area contributed by atoms with Gasteiger partial charge in [0.15, 0.2) is 0 Å². The van der Waals surface area contributed by atoms with Crippen LogP contribution in [-0.4, -0.2) is 44.0 Å². The molecule has 1 aliphatic rings. The zero-order valence-electron chi connectivity index (χ0n) is 10.7. The van der Waals surface area contributed by atoms with Gasteiger partial charge in [-0.2, -0.15) is 0 Å². The first-order valence-electron chi connectivity index (χ1n) is 6.16. The molecule has 1 amide bonds. The van der Waals surface area contributed by atoms with Crippen molar-refractivity contribution in [1.29, 1.82) is 0 Å². The largest absolute Gasteiger partial charge is 0.351 e. The van der Waals surface area contributed by atoms with E-state index < -0.39 is 10.0 Å². The van der Waals surface area contributed by atoms with Gasteiger partial charge in [-0.3, -0.25) is 4.79 Å². The van der Waals surface area contributed by atoms with Gasteiger partial charge in [0.1, 0.15) is 0 Å². The zero-order valence-corrected chi connectivity index (χ0v) is 13.9. The van der Waals surface area contributed by atoms with Crippen molar-refractivity contribution >= 4 is 49.3 Å². The maximum atomic E-state index is 11.6. The van der Waals surface area contributed by atoms with Crippen LogP contribution in [0.2, 0.25) is 0 Å². The van der Waals surface area contributed by atoms with Crippen LogP contribution in [0.4, 0.5) is 0 Å². The standard InChI is InChI=1S/C12H15BrN2O3S2/c13-11-4-2-10(19-11)3-5-12(16)14-6-8-15-7-1-9-20(15,17)18/h2-5H,1,6-9H2,(H,14,16)/b5-3+. The Balaban J connectivity index is 1.74. The van der Waals surface area contributed by atoms with Gasteiger partial charge in [-0.05, 0) is 40.6 Å². The highest BCUT2D eigenvalue weighted by atomic mass is 79.9. The second kappa shape index (κ2) is 6.84. The van der Waals surface area contributed by atoms with Crippen LogP contribution in [0, 0.1) is 0 Å². The van der Waals surface area contributed by atoms with Crippen LogP contribution >= 0.6 is 27.3 Å². The number of hydrogen-bond acceptors (Lipinski definition) is 4. The van der Waals surface area contributed by atoms with Crippen LogP contribution in [0.5, 0.6) is 0 Å². The minimum Gasteiger partial charge on any atom is -0.351 e. The molecule has 2 heterocycles. The monoisotopic (exact) mass is 378 g/mol. The summed E-state index contributed by atoms with van der Waals surface area (Å²) in [4.78, 5) is 12.6. The molecular formula is C12H15BrN2O3S2. The van der Waals surface area contributed by atoms with Gasteiger partial charge in [-0.15, -0.1) is 11.3 Å². The summed E-state index contributed by atoms with van der Waals surface area (Å²) in [7, 11) is -3.08. The first kappa shape index (κ1) is 15.7. The Morgan fingerprint density at radius 1 is 1.50 bits per heavy atom. The summed E-state index contributed by atoms with van der Waals surface area (Å²) in [5.41, 5.74) is 0. The van der Waals surface area contributed by atoms with Crippen LogP contribution in [0.25, 0.3) is 6.08 Å². The number of nitrogens with zero attached hydrogens (tertiary/aromatic N) is 1. The maximum absolute atomic E-state index is 11.6. The van der Waals surface area contributed by atoms with Crippen molar-refractivity contribution in [2.24, 2.45) is 0 Å². The van der Waals surface area contributed by atoms with E-state index in [9.17, 15) is 13.2 Å². The lowest BCUT2D eigenvalue weighted by Crippen LogP contribution is -2.35. The quantitative estimate of drug-likeness (QED) is 0.792. The fourth-order valence-corrected chi connectivity index (χ4v) is 4.74. The summed E-state index contributed by atoms with van der Waals surface area (Å²) in [6.45, 7) is 1.22. The van der Waals surface area contributed by atoms with Crippen molar-refractivity contribution in [3.8, 4) is 0 Å². The lowest BCUT2D eigenvalue weighted by molar-refractivity contribution is -0.116. The zero-order chi connectivity index (χ0) is 14.6. The first-order valence-corrected chi connectivity index (χ1v) is 9.38. The third-order valence-corrected chi connectivity index (χ3v) is 6.40. The number of rotatable bonds is 5. The maximum Gasteiger partial charge on any atom is 0.244 e. The number of carbonyl (C=O) groups excluding carboxylic acids is 1. The highest BCUT2D eigenvalue weighted by Gasteiger charge is 2.27. The van der Waals surface area contributed by atoms with E-state index in [-0.39, 0.29) is 11.7 Å². The second-order valence-corrected chi connectivity index (χ2v) is 8.92. The first-order chi connectivity index (χ1) is 9.47. The van der Waals surface area contributed by atoms with Crippen molar-refractivity contribution in [2.75, 3.05) is 25.4 Å². The van der Waals surface area contributed by atoms with Crippen LogP contribution in [0.15, 0.2) is 22.0 Å². The minimum absolute atomic E-state index is 0.216. The highest BCUT2D eigenvalue weighted by Crippen LogP contribution is 2.22. The Labute approximate surface area is 130 Å². The predicted molar refractivity (Wildman–Crippen MR) is 84.0 cm³/mol. The molecule has 1 fully saturated rings. The van der Waals surface area contributed by atoms with E-state index >= 15 is 0 Å². The van der Waals surface area contributed by atoms with Crippen molar-refractivity contribution in [3.63, 3.8) is 0 Å². The number of nitrogens with one attached hydrogen (secondary N) is 1. The fourth-order valence-electron chi connectivity index (χ4n) is 1.88. The molecule has 0 unspecified atom stereocenters. The molecular weight excluding hydrogens is 364 g/mol. The Kier molecular flexibility index (Phi) is 5.36. The van der Waals surface area contributed by atoms with Crippen LogP contribution in [0.3, 0.4) is 0 Å². The summed E-state index contributed by atoms with van der Waals surface area (Å²) < 4.78 is 25.5. The highest BCUT2D eigenvalue weighted by molar-refractivity contribution is 9.11. The Morgan fingerprint density at radius 2 is 2.30 bits per heavy atom. The van der Waals surface area contributed by atoms with Gasteiger partial charge in [0.05, 0.1) is 9.54 Å². The third kappa shape index (κ3) is 4.41. The van der Waals surface area contributed by atoms with Crippen LogP contribution < -0.4 is 5.32 Å². The Hall–Kier alpha value is -0.700. The lowest BCUT2D eigenvalue weighted by Gasteiger charge is -2.13. The Bertz CT molecular complexity index is 610. The summed E-state index contributed by atoms with van der Waals surface area (Å²) >= 11 is 4.89. The Morgan fingerprint density at radius 3 is 2.90 bits per heavy atom. The molecule has 0 saturated carbocycles. The van der Waals surface area contributed by atoms with Crippen LogP contribution in [-0.2, 0) is 14.8 Å². The molecule has 0 aliphatic carbocycles. The van der Waals surface area contributed by atoms with E-state index in [0.29, 0.717) is 26.1 Å². The van der Waals surface area contributed by atoms with E-state index in [1.807, 2.05) is 12.1 Å². The van der Waals surface area contributed by atoms with Gasteiger partial charge in [0, 0.05) is 30.6 Å². The van der Waals surface area contributed by atoms with Gasteiger partial charge >= 0.3 is 0 Å². The smallest absolute Gasteiger partial charge is 0.244 e. The molecule has 0 radical (unpaired) electrons. The molecule has 0 bridgehead atoms. The van der Waals surface area contributed by atoms with Gasteiger partial charge in [-0.25, -0.2) is 12.7 Å². The summed E-state index contributed by atoms with van der Waals surface area (Å²) in [5, 5.41) is 2.69. The number of thiophene rings is 1. The SMILES string of the molecule is O=C(/C=C/c1ccc(Br)s1)NCCN1CCCS1(=O)=O. The van der Waals surface area contributed by atoms with E-state index in [1.165, 1.54) is 21.7 Å². The number of hydrogen-bond donors (Lipinski definition) is 1. The minimum atomic E-state index is -3.08. The van der Waals surface area contributed by atoms with Gasteiger partial charge in [-0.1, -0.05) is 0 Å². The molecule has 1 aromatic heterocycles. The topological polar surface area (TPSA) is 66.5 Å². The number of halogens is 1. The normalized spacial score (nSPS) is 18.6. The third-order valence-electron chi connectivity index (χ3n) is 2.86. The van der Waals surface area contributed by atoms with Gasteiger partial charge in [0.25, 0.3) is 0 Å². The van der Waals surface area contributed by atoms with Gasteiger partial charge in [0.2, 0.25) is 15.9 Å². The van der Waals surface area contributed by atoms with E-state index in [1.54, 1.807) is 6.08 Å². The molecule has 0 atom stereocenters. The summed E-state index contributed by atoms with van der Waals surface area (Å²) in [5.74, 6) is -0.000184. The molecule has 8 heteroatoms. The van der Waals surface area contributed by atoms with Crippen molar-refractivity contribution in [1.82, 2.24) is 9.62 Å².